The molecule has 0 saturated heterocycles. The predicted molar refractivity (Wildman–Crippen MR) is 165 cm³/mol. The maximum atomic E-state index is 11.5. The second-order valence-electron chi connectivity index (χ2n) is 10.6. The lowest BCUT2D eigenvalue weighted by molar-refractivity contribution is -0.137. The van der Waals surface area contributed by atoms with Crippen molar-refractivity contribution in [1.29, 1.82) is 0 Å². The molecule has 2 aliphatic heterocycles. The number of hydrogen-bond donors (Lipinski definition) is 3. The van der Waals surface area contributed by atoms with Crippen molar-refractivity contribution in [1.82, 2.24) is 9.97 Å². The summed E-state index contributed by atoms with van der Waals surface area (Å²) in [5, 5.41) is 11.2. The summed E-state index contributed by atoms with van der Waals surface area (Å²) in [6, 6.07) is 0. The zero-order valence-electron chi connectivity index (χ0n) is 24.2. The van der Waals surface area contributed by atoms with E-state index in [-0.39, 0.29) is 18.9 Å². The van der Waals surface area contributed by atoms with Gasteiger partial charge >= 0.3 is 5.97 Å². The van der Waals surface area contributed by atoms with Gasteiger partial charge in [-0.1, -0.05) is 25.7 Å². The van der Waals surface area contributed by atoms with Gasteiger partial charge in [0.15, 0.2) is 0 Å². The molecule has 0 saturated carbocycles. The lowest BCUT2D eigenvalue weighted by atomic mass is 9.92. The molecule has 2 atom stereocenters. The third kappa shape index (κ3) is 6.32. The zero-order valence-corrected chi connectivity index (χ0v) is 24.2. The second-order valence-corrected chi connectivity index (χ2v) is 10.6. The summed E-state index contributed by atoms with van der Waals surface area (Å²) in [7, 11) is 0. The van der Waals surface area contributed by atoms with Gasteiger partial charge in [-0.3, -0.25) is 19.6 Å². The van der Waals surface area contributed by atoms with Crippen LogP contribution in [0.3, 0.4) is 0 Å². The molecule has 4 rings (SSSR count). The maximum Gasteiger partial charge on any atom is 0.303 e. The SMILES string of the molecule is C=CC1=C(C)C(=Cc2[nH]c(C=c3[nH]c(=CC4=NCC(C)C4C=C)c(C)c3CCC(=O)O)c(CCOC=O)c2C)N=C1. The van der Waals surface area contributed by atoms with Crippen molar-refractivity contribution >= 4 is 42.6 Å². The Balaban J connectivity index is 1.87. The van der Waals surface area contributed by atoms with Crippen LogP contribution in [-0.2, 0) is 27.2 Å². The summed E-state index contributed by atoms with van der Waals surface area (Å²) in [5.41, 5.74) is 9.59. The Bertz CT molecular complexity index is 1630. The highest BCUT2D eigenvalue weighted by Crippen LogP contribution is 2.28. The van der Waals surface area contributed by atoms with Crippen LogP contribution in [0.2, 0.25) is 0 Å². The summed E-state index contributed by atoms with van der Waals surface area (Å²) in [4.78, 5) is 38.7. The van der Waals surface area contributed by atoms with Crippen LogP contribution < -0.4 is 10.7 Å². The lowest BCUT2D eigenvalue weighted by Crippen LogP contribution is -2.18. The van der Waals surface area contributed by atoms with E-state index in [1.165, 1.54) is 0 Å². The molecule has 2 unspecified atom stereocenters. The van der Waals surface area contributed by atoms with Gasteiger partial charge in [-0.15, -0.1) is 6.58 Å². The van der Waals surface area contributed by atoms with Gasteiger partial charge in [0.25, 0.3) is 6.47 Å². The van der Waals surface area contributed by atoms with Crippen LogP contribution in [0.4, 0.5) is 0 Å². The molecule has 2 aliphatic rings. The number of ether oxygens (including phenoxy) is 1. The molecule has 0 amide bonds. The number of aromatic nitrogens is 2. The van der Waals surface area contributed by atoms with E-state index in [0.29, 0.717) is 25.2 Å². The zero-order chi connectivity index (χ0) is 29.7. The van der Waals surface area contributed by atoms with Gasteiger partial charge in [-0.2, -0.15) is 0 Å². The van der Waals surface area contributed by atoms with E-state index >= 15 is 0 Å². The molecule has 0 bridgehead atoms. The highest BCUT2D eigenvalue weighted by Gasteiger charge is 2.24. The number of aliphatic imine (C=N–C) groups is 2. The molecule has 214 valence electrons. The van der Waals surface area contributed by atoms with Crippen LogP contribution >= 0.6 is 0 Å². The average Bonchev–Trinajstić information content (AvgIpc) is 3.65. The number of hydrogen-bond acceptors (Lipinski definition) is 5. The number of aromatic amines is 2. The molecule has 0 fully saturated rings. The van der Waals surface area contributed by atoms with Crippen molar-refractivity contribution < 1.29 is 19.4 Å². The van der Waals surface area contributed by atoms with Crippen molar-refractivity contribution in [3.05, 3.63) is 86.5 Å². The van der Waals surface area contributed by atoms with E-state index < -0.39 is 5.97 Å². The van der Waals surface area contributed by atoms with Crippen LogP contribution in [0.1, 0.15) is 53.9 Å². The summed E-state index contributed by atoms with van der Waals surface area (Å²) < 4.78 is 5.04. The van der Waals surface area contributed by atoms with E-state index in [2.05, 4.69) is 41.1 Å². The Kier molecular flexibility index (Phi) is 9.22. The van der Waals surface area contributed by atoms with Crippen molar-refractivity contribution in [2.75, 3.05) is 13.2 Å². The Hall–Kier alpha value is -4.46. The number of rotatable bonds is 12. The van der Waals surface area contributed by atoms with Gasteiger partial charge in [-0.25, -0.2) is 0 Å². The molecular formula is C33H38N4O4. The monoisotopic (exact) mass is 554 g/mol. The van der Waals surface area contributed by atoms with Crippen LogP contribution in [0.15, 0.2) is 52.1 Å². The van der Waals surface area contributed by atoms with Crippen LogP contribution in [0.5, 0.6) is 0 Å². The number of nitrogens with one attached hydrogen (secondary N) is 2. The molecule has 2 aromatic rings. The highest BCUT2D eigenvalue weighted by molar-refractivity contribution is 6.13. The predicted octanol–water partition coefficient (Wildman–Crippen LogP) is 4.12. The molecule has 41 heavy (non-hydrogen) atoms. The van der Waals surface area contributed by atoms with Crippen molar-refractivity contribution in [3.8, 4) is 0 Å². The number of allylic oxidation sites excluding steroid dienone is 4. The average molecular weight is 555 g/mol. The topological polar surface area (TPSA) is 120 Å². The van der Waals surface area contributed by atoms with Gasteiger partial charge in [0.2, 0.25) is 0 Å². The standard InChI is InChI=1S/C33H38N4O4/c1-7-23-17-35-27(20(23)4)13-28-22(6)26(11-12-41-18-38)32(36-28)15-31-25(9-10-33(39)40)21(5)29(37-31)14-30-24(8-2)19(3)16-34-30/h7-8,13-15,17-19,24,36-37H,1-2,9-12,16H2,3-6H3,(H,39,40). The fraction of sp³-hybridized carbons (Fsp3) is 0.333. The molecular weight excluding hydrogens is 516 g/mol. The Morgan fingerprint density at radius 3 is 2.51 bits per heavy atom. The number of nitrogens with zero attached hydrogens (tertiary/aromatic N) is 2. The first-order chi connectivity index (χ1) is 19.7. The molecule has 0 radical (unpaired) electrons. The van der Waals surface area contributed by atoms with E-state index in [9.17, 15) is 14.7 Å². The van der Waals surface area contributed by atoms with Gasteiger partial charge in [0, 0.05) is 59.3 Å². The Labute approximate surface area is 240 Å². The summed E-state index contributed by atoms with van der Waals surface area (Å²) in [6.07, 6.45) is 12.6. The fourth-order valence-corrected chi connectivity index (χ4v) is 5.49. The van der Waals surface area contributed by atoms with Gasteiger partial charge in [0.1, 0.15) is 0 Å². The van der Waals surface area contributed by atoms with Crippen molar-refractivity contribution in [3.63, 3.8) is 0 Å². The number of H-pyrrole nitrogens is 2. The second kappa shape index (κ2) is 12.8. The molecule has 4 heterocycles. The van der Waals surface area contributed by atoms with Crippen molar-refractivity contribution in [2.45, 2.75) is 47.0 Å². The van der Waals surface area contributed by atoms with E-state index in [0.717, 1.165) is 73.4 Å². The third-order valence-corrected chi connectivity index (χ3v) is 8.04. The maximum absolute atomic E-state index is 11.5. The molecule has 0 aromatic carbocycles. The van der Waals surface area contributed by atoms with Crippen molar-refractivity contribution in [2.24, 2.45) is 21.8 Å². The van der Waals surface area contributed by atoms with Gasteiger partial charge < -0.3 is 19.8 Å². The molecule has 0 spiro atoms. The van der Waals surface area contributed by atoms with Crippen LogP contribution in [0, 0.1) is 25.7 Å². The lowest BCUT2D eigenvalue weighted by Gasteiger charge is -2.09. The molecule has 2 aromatic heterocycles. The number of carboxylic acids is 1. The minimum Gasteiger partial charge on any atom is -0.481 e. The highest BCUT2D eigenvalue weighted by atomic mass is 16.5. The quantitative estimate of drug-likeness (QED) is 0.208. The summed E-state index contributed by atoms with van der Waals surface area (Å²) >= 11 is 0. The molecule has 3 N–H and O–H groups in total. The summed E-state index contributed by atoms with van der Waals surface area (Å²) in [6.45, 7) is 17.5. The first kappa shape index (κ1) is 29.5. The Morgan fingerprint density at radius 1 is 1.07 bits per heavy atom. The number of carbonyl (C=O) groups excluding carboxylic acids is 1. The van der Waals surface area contributed by atoms with Gasteiger partial charge in [-0.05, 0) is 84.7 Å². The molecule has 0 aliphatic carbocycles. The first-order valence-corrected chi connectivity index (χ1v) is 13.8. The van der Waals surface area contributed by atoms with E-state index in [4.69, 9.17) is 9.73 Å². The number of carboxylic acid groups (broad SMARTS) is 1. The smallest absolute Gasteiger partial charge is 0.303 e. The van der Waals surface area contributed by atoms with Crippen LogP contribution in [0.25, 0.3) is 18.2 Å². The van der Waals surface area contributed by atoms with E-state index in [1.54, 1.807) is 12.3 Å². The molecule has 8 nitrogen and oxygen atoms in total. The largest absolute Gasteiger partial charge is 0.481 e. The number of aliphatic carboxylic acids is 1. The number of carbonyl (C=O) groups is 2. The minimum absolute atomic E-state index is 0.0165. The third-order valence-electron chi connectivity index (χ3n) is 8.04. The molecule has 8 heteroatoms. The Morgan fingerprint density at radius 2 is 1.85 bits per heavy atom. The normalized spacial score (nSPS) is 20.3. The fourth-order valence-electron chi connectivity index (χ4n) is 5.49. The minimum atomic E-state index is -0.849. The van der Waals surface area contributed by atoms with Crippen LogP contribution in [-0.4, -0.2) is 52.6 Å². The van der Waals surface area contributed by atoms with E-state index in [1.807, 2.05) is 39.0 Å². The first-order valence-electron chi connectivity index (χ1n) is 13.8. The summed E-state index contributed by atoms with van der Waals surface area (Å²) in [5.74, 6) is -0.281. The van der Waals surface area contributed by atoms with Gasteiger partial charge in [0.05, 0.1) is 12.3 Å².